The molecule has 10 aromatic rings. The van der Waals surface area contributed by atoms with Crippen LogP contribution in [0.5, 0.6) is 0 Å². The molecule has 2 aliphatic rings. The van der Waals surface area contributed by atoms with Gasteiger partial charge in [-0.2, -0.15) is 0 Å². The molecule has 0 fully saturated rings. The minimum absolute atomic E-state index is 0.431. The third-order valence-corrected chi connectivity index (χ3v) is 15.0. The van der Waals surface area contributed by atoms with Gasteiger partial charge >= 0.3 is 0 Å². The van der Waals surface area contributed by atoms with Crippen molar-refractivity contribution in [3.8, 4) is 44.5 Å². The average Bonchev–Trinajstić information content (AvgIpc) is 4.05. The third-order valence-electron chi connectivity index (χ3n) is 13.9. The maximum absolute atomic E-state index is 2.51. The summed E-state index contributed by atoms with van der Waals surface area (Å²) in [6.45, 7) is 4.52. The summed E-state index contributed by atoms with van der Waals surface area (Å²) in [5.74, 6) is 0. The molecule has 1 aromatic heterocycles. The highest BCUT2D eigenvalue weighted by Gasteiger charge is 2.53. The SMILES string of the molecule is Cc1cc2c(cc1C)C1(c3cc(-c4ccc(C=C(c5ccccc5)c5ccccc5)cc4)ccc3-c3ccc(-c4ccc(C=C(c5ccccc5)c5ccccc5)cc4)cc31)c1sccc1-2. The molecule has 0 atom stereocenters. The lowest BCUT2D eigenvalue weighted by atomic mass is 9.72. The molecule has 0 radical (unpaired) electrons. The monoisotopic (exact) mass is 858 g/mol. The van der Waals surface area contributed by atoms with Crippen molar-refractivity contribution in [3.05, 3.63) is 296 Å². The predicted octanol–water partition coefficient (Wildman–Crippen LogP) is 17.2. The van der Waals surface area contributed by atoms with Gasteiger partial charge in [-0.25, -0.2) is 0 Å². The first kappa shape index (κ1) is 39.7. The number of rotatable bonds is 8. The fraction of sp³-hybridized carbons (Fsp3) is 0.0462. The van der Waals surface area contributed by atoms with Gasteiger partial charge in [-0.1, -0.05) is 206 Å². The van der Waals surface area contributed by atoms with Crippen LogP contribution in [0.4, 0.5) is 0 Å². The van der Waals surface area contributed by atoms with Gasteiger partial charge in [0, 0.05) is 4.88 Å². The molecule has 66 heavy (non-hydrogen) atoms. The largest absolute Gasteiger partial charge is 0.147 e. The van der Waals surface area contributed by atoms with E-state index in [2.05, 4.69) is 256 Å². The molecule has 0 aliphatic heterocycles. The van der Waals surface area contributed by atoms with E-state index >= 15 is 0 Å². The Labute approximate surface area is 392 Å². The zero-order valence-corrected chi connectivity index (χ0v) is 37.8. The van der Waals surface area contributed by atoms with Gasteiger partial charge in [-0.3, -0.25) is 0 Å². The highest BCUT2D eigenvalue weighted by Crippen LogP contribution is 2.65. The van der Waals surface area contributed by atoms with Crippen LogP contribution in [-0.2, 0) is 5.41 Å². The van der Waals surface area contributed by atoms with Crippen LogP contribution >= 0.6 is 11.3 Å². The molecule has 9 aromatic carbocycles. The Bertz CT molecular complexity index is 3210. The summed E-state index contributed by atoms with van der Waals surface area (Å²) in [5.41, 5.74) is 26.2. The van der Waals surface area contributed by atoms with Crippen molar-refractivity contribution in [3.63, 3.8) is 0 Å². The molecule has 0 bridgehead atoms. The number of fused-ring (bicyclic) bond motifs is 10. The maximum Gasteiger partial charge on any atom is 0.0819 e. The zero-order chi connectivity index (χ0) is 44.2. The first-order valence-electron chi connectivity index (χ1n) is 22.9. The van der Waals surface area contributed by atoms with E-state index in [0.29, 0.717) is 0 Å². The molecular weight excluding hydrogens is 813 g/mol. The number of thiophene rings is 1. The van der Waals surface area contributed by atoms with Crippen LogP contribution in [0.2, 0.25) is 0 Å². The standard InChI is InChI=1S/C65H46S/c1-43-37-60-57-35-36-66-64(57)65(61(60)38-44(43)2)62-41-53(47-27-23-45(24-28-47)39-58(49-15-7-3-8-16-49)50-17-9-4-10-18-50)31-33-55(62)56-34-32-54(42-63(56)65)48-29-25-46(26-30-48)40-59(51-19-11-5-12-20-51)52-21-13-6-14-22-52/h3-42H,1-2H3. The van der Waals surface area contributed by atoms with Crippen molar-refractivity contribution in [2.45, 2.75) is 19.3 Å². The molecule has 312 valence electrons. The summed E-state index contributed by atoms with van der Waals surface area (Å²) >= 11 is 1.90. The van der Waals surface area contributed by atoms with Gasteiger partial charge < -0.3 is 0 Å². The van der Waals surface area contributed by atoms with Gasteiger partial charge in [0.1, 0.15) is 0 Å². The van der Waals surface area contributed by atoms with Crippen LogP contribution < -0.4 is 0 Å². The highest BCUT2D eigenvalue weighted by molar-refractivity contribution is 7.11. The molecule has 1 heterocycles. The minimum atomic E-state index is -0.431. The molecule has 0 N–H and O–H groups in total. The summed E-state index contributed by atoms with van der Waals surface area (Å²) in [6.07, 6.45) is 4.63. The van der Waals surface area contributed by atoms with Gasteiger partial charge in [-0.15, -0.1) is 11.3 Å². The van der Waals surface area contributed by atoms with Gasteiger partial charge in [-0.05, 0) is 166 Å². The second-order valence-electron chi connectivity index (χ2n) is 17.7. The summed E-state index contributed by atoms with van der Waals surface area (Å²) < 4.78 is 0. The quantitative estimate of drug-likeness (QED) is 0.134. The fourth-order valence-electron chi connectivity index (χ4n) is 10.5. The van der Waals surface area contributed by atoms with Crippen LogP contribution in [0.25, 0.3) is 67.8 Å². The minimum Gasteiger partial charge on any atom is -0.147 e. The second kappa shape index (κ2) is 16.3. The number of benzene rings is 9. The molecule has 0 amide bonds. The van der Waals surface area contributed by atoms with Crippen molar-refractivity contribution in [1.82, 2.24) is 0 Å². The Balaban J connectivity index is 0.963. The van der Waals surface area contributed by atoms with Gasteiger partial charge in [0.05, 0.1) is 5.41 Å². The Hall–Kier alpha value is -7.84. The van der Waals surface area contributed by atoms with E-state index in [0.717, 1.165) is 0 Å². The van der Waals surface area contributed by atoms with Crippen LogP contribution in [0, 0.1) is 13.8 Å². The van der Waals surface area contributed by atoms with Crippen LogP contribution in [-0.4, -0.2) is 0 Å². The fourth-order valence-corrected chi connectivity index (χ4v) is 11.7. The number of hydrogen-bond donors (Lipinski definition) is 0. The summed E-state index contributed by atoms with van der Waals surface area (Å²) in [6, 6.07) is 82.8. The van der Waals surface area contributed by atoms with E-state index in [4.69, 9.17) is 0 Å². The topological polar surface area (TPSA) is 0 Å². The smallest absolute Gasteiger partial charge is 0.0819 e. The van der Waals surface area contributed by atoms with E-state index < -0.39 is 5.41 Å². The van der Waals surface area contributed by atoms with E-state index in [-0.39, 0.29) is 0 Å². The predicted molar refractivity (Wildman–Crippen MR) is 281 cm³/mol. The van der Waals surface area contributed by atoms with Crippen molar-refractivity contribution in [2.24, 2.45) is 0 Å². The number of hydrogen-bond acceptors (Lipinski definition) is 1. The second-order valence-corrected chi connectivity index (χ2v) is 18.7. The Morgan fingerprint density at radius 1 is 0.348 bits per heavy atom. The summed E-state index contributed by atoms with van der Waals surface area (Å²) in [7, 11) is 0. The van der Waals surface area contributed by atoms with Gasteiger partial charge in [0.2, 0.25) is 0 Å². The van der Waals surface area contributed by atoms with E-state index in [1.54, 1.807) is 0 Å². The molecule has 2 aliphatic carbocycles. The van der Waals surface area contributed by atoms with Crippen molar-refractivity contribution in [2.75, 3.05) is 0 Å². The molecule has 0 nitrogen and oxygen atoms in total. The lowest BCUT2D eigenvalue weighted by Crippen LogP contribution is -2.25. The first-order chi connectivity index (χ1) is 32.5. The molecule has 12 rings (SSSR count). The molecule has 0 saturated heterocycles. The van der Waals surface area contributed by atoms with Gasteiger partial charge in [0.25, 0.3) is 0 Å². The van der Waals surface area contributed by atoms with Crippen molar-refractivity contribution in [1.29, 1.82) is 0 Å². The van der Waals surface area contributed by atoms with Crippen molar-refractivity contribution < 1.29 is 0 Å². The molecule has 0 unspecified atom stereocenters. The Morgan fingerprint density at radius 2 is 0.727 bits per heavy atom. The lowest BCUT2D eigenvalue weighted by Gasteiger charge is -2.30. The van der Waals surface area contributed by atoms with E-state index in [1.165, 1.54) is 122 Å². The first-order valence-corrected chi connectivity index (χ1v) is 23.8. The van der Waals surface area contributed by atoms with Crippen molar-refractivity contribution >= 4 is 34.6 Å². The normalized spacial score (nSPS) is 12.5. The van der Waals surface area contributed by atoms with Crippen LogP contribution in [0.3, 0.4) is 0 Å². The summed E-state index contributed by atoms with van der Waals surface area (Å²) in [5, 5.41) is 2.30. The number of aryl methyl sites for hydroxylation is 2. The van der Waals surface area contributed by atoms with Gasteiger partial charge in [0.15, 0.2) is 0 Å². The Kier molecular flexibility index (Phi) is 9.81. The van der Waals surface area contributed by atoms with Crippen LogP contribution in [0.15, 0.2) is 230 Å². The lowest BCUT2D eigenvalue weighted by molar-refractivity contribution is 0.810. The summed E-state index contributed by atoms with van der Waals surface area (Å²) in [4.78, 5) is 1.42. The third kappa shape index (κ3) is 6.66. The molecule has 1 heteroatoms. The maximum atomic E-state index is 2.51. The molecule has 0 saturated carbocycles. The van der Waals surface area contributed by atoms with Crippen LogP contribution in [0.1, 0.15) is 66.1 Å². The highest BCUT2D eigenvalue weighted by atomic mass is 32.1. The molecule has 1 spiro atoms. The average molecular weight is 859 g/mol. The Morgan fingerprint density at radius 3 is 1.15 bits per heavy atom. The van der Waals surface area contributed by atoms with E-state index in [9.17, 15) is 0 Å². The molecular formula is C65H46S. The zero-order valence-electron chi connectivity index (χ0n) is 37.0. The van der Waals surface area contributed by atoms with E-state index in [1.807, 2.05) is 11.3 Å².